The zero-order valence-electron chi connectivity index (χ0n) is 23.0. The van der Waals surface area contributed by atoms with Crippen LogP contribution in [0.3, 0.4) is 0 Å². The Bertz CT molecular complexity index is 1440. The summed E-state index contributed by atoms with van der Waals surface area (Å²) in [5.41, 5.74) is -3.83. The number of fused-ring (bicyclic) bond motifs is 3. The van der Waals surface area contributed by atoms with E-state index >= 15 is 0 Å². The van der Waals surface area contributed by atoms with Crippen molar-refractivity contribution in [3.05, 3.63) is 51.6 Å². The molecule has 1 heterocycles. The molecule has 13 heteroatoms. The molecule has 1 fully saturated rings. The van der Waals surface area contributed by atoms with Gasteiger partial charge < -0.3 is 50.2 Å². The van der Waals surface area contributed by atoms with Crippen LogP contribution in [0, 0.1) is 5.92 Å². The maximum Gasteiger partial charge on any atom is 0.202 e. The standard InChI is InChI=1S/C29H33NO12/c1-12-11-41-28(22(23(12)34)30-6-7-31)42-16-9-29(39,17(33)10-32)8-14-19(16)27(38)21-20(25(14)36)24(35)13-4-3-5-15(40-2)18(13)26(21)37/h3-5,12,16,22-23,28,30-32,34,36,38-39H,6-11H2,1-2H3. The van der Waals surface area contributed by atoms with Crippen LogP contribution in [0.4, 0.5) is 0 Å². The maximum atomic E-state index is 13.7. The van der Waals surface area contributed by atoms with E-state index in [0.717, 1.165) is 0 Å². The monoisotopic (exact) mass is 587 g/mol. The van der Waals surface area contributed by atoms with Gasteiger partial charge >= 0.3 is 0 Å². The van der Waals surface area contributed by atoms with Crippen LogP contribution in [0.1, 0.15) is 62.4 Å². The largest absolute Gasteiger partial charge is 0.507 e. The van der Waals surface area contributed by atoms with Gasteiger partial charge in [-0.2, -0.15) is 0 Å². The summed E-state index contributed by atoms with van der Waals surface area (Å²) in [5.74, 6) is -4.23. The number of phenols is 2. The van der Waals surface area contributed by atoms with E-state index in [1.165, 1.54) is 25.3 Å². The van der Waals surface area contributed by atoms with Gasteiger partial charge in [-0.25, -0.2) is 0 Å². The third kappa shape index (κ3) is 4.67. The SMILES string of the molecule is COc1cccc2c1C(=O)c1c(O)c3c(c(O)c1C2=O)CC(O)(C(=O)CO)CC3OC1OCC(C)C(O)C1NCCO. The minimum Gasteiger partial charge on any atom is -0.507 e. The second kappa shape index (κ2) is 11.3. The first-order valence-electron chi connectivity index (χ1n) is 13.5. The smallest absolute Gasteiger partial charge is 0.202 e. The number of nitrogens with one attached hydrogen (secondary N) is 1. The molecule has 0 spiro atoms. The Morgan fingerprint density at radius 1 is 1.12 bits per heavy atom. The normalized spacial score (nSPS) is 28.6. The summed E-state index contributed by atoms with van der Waals surface area (Å²) in [6, 6.07) is 3.46. The first kappa shape index (κ1) is 30.0. The molecule has 42 heavy (non-hydrogen) atoms. The Morgan fingerprint density at radius 3 is 2.50 bits per heavy atom. The fraction of sp³-hybridized carbons (Fsp3) is 0.483. The molecular weight excluding hydrogens is 554 g/mol. The van der Waals surface area contributed by atoms with Gasteiger partial charge in [0.25, 0.3) is 0 Å². The Labute approximate surface area is 240 Å². The second-order valence-electron chi connectivity index (χ2n) is 10.9. The predicted octanol–water partition coefficient (Wildman–Crippen LogP) is -0.518. The van der Waals surface area contributed by atoms with Gasteiger partial charge in [0.1, 0.15) is 29.5 Å². The number of aromatic hydroxyl groups is 2. The average Bonchev–Trinajstić information content (AvgIpc) is 2.98. The number of hydrogen-bond donors (Lipinski definition) is 7. The summed E-state index contributed by atoms with van der Waals surface area (Å²) < 4.78 is 17.3. The summed E-state index contributed by atoms with van der Waals surface area (Å²) in [4.78, 5) is 40.1. The van der Waals surface area contributed by atoms with E-state index in [9.17, 15) is 45.0 Å². The van der Waals surface area contributed by atoms with Crippen molar-refractivity contribution in [2.45, 2.75) is 49.9 Å². The molecule has 2 aromatic carbocycles. The number of benzene rings is 2. The molecule has 0 bridgehead atoms. The first-order valence-corrected chi connectivity index (χ1v) is 13.5. The molecule has 0 aromatic heterocycles. The number of ether oxygens (including phenoxy) is 3. The summed E-state index contributed by atoms with van der Waals surface area (Å²) >= 11 is 0. The summed E-state index contributed by atoms with van der Waals surface area (Å²) in [6.45, 7) is 0.575. The van der Waals surface area contributed by atoms with Gasteiger partial charge in [0.05, 0.1) is 55.3 Å². The average molecular weight is 588 g/mol. The fourth-order valence-electron chi connectivity index (χ4n) is 6.09. The van der Waals surface area contributed by atoms with Gasteiger partial charge in [-0.15, -0.1) is 0 Å². The van der Waals surface area contributed by atoms with Crippen molar-refractivity contribution in [2.24, 2.45) is 5.92 Å². The first-order chi connectivity index (χ1) is 20.0. The van der Waals surface area contributed by atoms with Crippen LogP contribution >= 0.6 is 0 Å². The zero-order valence-corrected chi connectivity index (χ0v) is 23.0. The number of carbonyl (C=O) groups excluding carboxylic acids is 3. The van der Waals surface area contributed by atoms with Crippen LogP contribution in [-0.4, -0.2) is 106 Å². The molecule has 1 saturated heterocycles. The van der Waals surface area contributed by atoms with E-state index < -0.39 is 89.6 Å². The van der Waals surface area contributed by atoms with E-state index in [2.05, 4.69) is 5.32 Å². The summed E-state index contributed by atoms with van der Waals surface area (Å²) in [7, 11) is 1.32. The van der Waals surface area contributed by atoms with Crippen LogP contribution in [-0.2, 0) is 20.7 Å². The van der Waals surface area contributed by atoms with E-state index in [1.807, 2.05) is 0 Å². The zero-order chi connectivity index (χ0) is 30.5. The topological polar surface area (TPSA) is 212 Å². The molecule has 1 aliphatic heterocycles. The maximum absolute atomic E-state index is 13.7. The van der Waals surface area contributed by atoms with Crippen LogP contribution < -0.4 is 10.1 Å². The number of aliphatic hydroxyl groups excluding tert-OH is 3. The minimum atomic E-state index is -2.29. The molecule has 13 nitrogen and oxygen atoms in total. The molecule has 7 N–H and O–H groups in total. The molecule has 2 aromatic rings. The van der Waals surface area contributed by atoms with Crippen LogP contribution in [0.15, 0.2) is 18.2 Å². The van der Waals surface area contributed by atoms with Crippen molar-refractivity contribution < 1.29 is 59.2 Å². The van der Waals surface area contributed by atoms with Gasteiger partial charge in [-0.1, -0.05) is 19.1 Å². The number of Topliss-reactive ketones (excluding diaryl/α,β-unsaturated/α-hetero) is 1. The molecular formula is C29H33NO12. The number of phenolic OH excluding ortho intramolecular Hbond substituents is 2. The molecule has 0 saturated carbocycles. The van der Waals surface area contributed by atoms with Crippen LogP contribution in [0.2, 0.25) is 0 Å². The Balaban J connectivity index is 1.67. The summed E-state index contributed by atoms with van der Waals surface area (Å²) in [5, 5.41) is 67.1. The molecule has 0 amide bonds. The number of methoxy groups -OCH3 is 1. The van der Waals surface area contributed by atoms with Crippen molar-refractivity contribution in [1.29, 1.82) is 0 Å². The molecule has 6 unspecified atom stereocenters. The van der Waals surface area contributed by atoms with Crippen molar-refractivity contribution in [3.63, 3.8) is 0 Å². The number of carbonyl (C=O) groups is 3. The summed E-state index contributed by atoms with van der Waals surface area (Å²) in [6.07, 6.45) is -4.77. The molecule has 6 atom stereocenters. The van der Waals surface area contributed by atoms with Gasteiger partial charge in [0.15, 0.2) is 17.9 Å². The van der Waals surface area contributed by atoms with Gasteiger partial charge in [-0.05, 0) is 6.07 Å². The lowest BCUT2D eigenvalue weighted by Crippen LogP contribution is -2.58. The Kier molecular flexibility index (Phi) is 8.11. The molecule has 0 radical (unpaired) electrons. The lowest BCUT2D eigenvalue weighted by Gasteiger charge is -2.44. The highest BCUT2D eigenvalue weighted by molar-refractivity contribution is 6.31. The Hall–Kier alpha value is -3.43. The number of hydrogen-bond acceptors (Lipinski definition) is 13. The molecule has 5 rings (SSSR count). The highest BCUT2D eigenvalue weighted by atomic mass is 16.7. The third-order valence-electron chi connectivity index (χ3n) is 8.30. The third-order valence-corrected chi connectivity index (χ3v) is 8.30. The fourth-order valence-corrected chi connectivity index (χ4v) is 6.09. The lowest BCUT2D eigenvalue weighted by molar-refractivity contribution is -0.245. The Morgan fingerprint density at radius 2 is 1.83 bits per heavy atom. The van der Waals surface area contributed by atoms with Crippen molar-refractivity contribution in [3.8, 4) is 17.2 Å². The van der Waals surface area contributed by atoms with Crippen LogP contribution in [0.25, 0.3) is 0 Å². The highest BCUT2D eigenvalue weighted by Gasteiger charge is 2.50. The molecule has 3 aliphatic rings. The molecule has 2 aliphatic carbocycles. The van der Waals surface area contributed by atoms with E-state index in [-0.39, 0.29) is 53.7 Å². The van der Waals surface area contributed by atoms with Crippen molar-refractivity contribution >= 4 is 17.3 Å². The van der Waals surface area contributed by atoms with E-state index in [0.29, 0.717) is 0 Å². The van der Waals surface area contributed by atoms with Gasteiger partial charge in [0, 0.05) is 42.0 Å². The number of rotatable bonds is 8. The van der Waals surface area contributed by atoms with Crippen molar-refractivity contribution in [2.75, 3.05) is 33.5 Å². The minimum absolute atomic E-state index is 0.0630. The van der Waals surface area contributed by atoms with Gasteiger partial charge in [0.2, 0.25) is 5.78 Å². The quantitative estimate of drug-likeness (QED) is 0.166. The number of aliphatic hydroxyl groups is 4. The predicted molar refractivity (Wildman–Crippen MR) is 143 cm³/mol. The van der Waals surface area contributed by atoms with Crippen molar-refractivity contribution in [1.82, 2.24) is 5.32 Å². The van der Waals surface area contributed by atoms with E-state index in [4.69, 9.17) is 14.2 Å². The second-order valence-corrected chi connectivity index (χ2v) is 10.9. The highest BCUT2D eigenvalue weighted by Crippen LogP contribution is 2.52. The van der Waals surface area contributed by atoms with Crippen LogP contribution in [0.5, 0.6) is 17.2 Å². The lowest BCUT2D eigenvalue weighted by atomic mass is 9.72. The molecule has 226 valence electrons. The van der Waals surface area contributed by atoms with E-state index in [1.54, 1.807) is 6.92 Å². The number of ketones is 3. The van der Waals surface area contributed by atoms with Gasteiger partial charge in [-0.3, -0.25) is 14.4 Å².